The highest BCUT2D eigenvalue weighted by atomic mass is 35.5. The van der Waals surface area contributed by atoms with Crippen molar-refractivity contribution in [2.24, 2.45) is 0 Å². The molecule has 2 heterocycles. The highest BCUT2D eigenvalue weighted by Gasteiger charge is 2.20. The summed E-state index contributed by atoms with van der Waals surface area (Å²) in [6.45, 7) is 1.67. The first-order valence-corrected chi connectivity index (χ1v) is 13.0. The molecule has 0 saturated carbocycles. The van der Waals surface area contributed by atoms with Crippen LogP contribution in [0, 0.1) is 5.82 Å². The lowest BCUT2D eigenvalue weighted by atomic mass is 10.2. The molecule has 190 valence electrons. The molecular weight excluding hydrogens is 523 g/mol. The van der Waals surface area contributed by atoms with Gasteiger partial charge in [0.1, 0.15) is 12.1 Å². The van der Waals surface area contributed by atoms with Gasteiger partial charge in [-0.3, -0.25) is 9.59 Å². The van der Waals surface area contributed by atoms with Gasteiger partial charge in [-0.05, 0) is 61.5 Å². The predicted molar refractivity (Wildman–Crippen MR) is 134 cm³/mol. The van der Waals surface area contributed by atoms with E-state index in [1.165, 1.54) is 65.7 Å². The van der Waals surface area contributed by atoms with Crippen LogP contribution in [0.5, 0.6) is 0 Å². The van der Waals surface area contributed by atoms with Gasteiger partial charge >= 0.3 is 0 Å². The summed E-state index contributed by atoms with van der Waals surface area (Å²) >= 11 is 6.01. The zero-order valence-corrected chi connectivity index (χ0v) is 21.1. The van der Waals surface area contributed by atoms with Gasteiger partial charge in [0.2, 0.25) is 0 Å². The molecular formula is C24H20ClFN6O4S. The van der Waals surface area contributed by atoms with Crippen LogP contribution < -0.4 is 10.6 Å². The minimum atomic E-state index is -3.57. The normalized spacial score (nSPS) is 12.1. The van der Waals surface area contributed by atoms with E-state index in [0.29, 0.717) is 17.3 Å². The Morgan fingerprint density at radius 3 is 2.38 bits per heavy atom. The van der Waals surface area contributed by atoms with E-state index in [0.717, 1.165) is 6.26 Å². The lowest BCUT2D eigenvalue weighted by Crippen LogP contribution is -2.29. The first kappa shape index (κ1) is 25.9. The average Bonchev–Trinajstić information content (AvgIpc) is 3.35. The van der Waals surface area contributed by atoms with Crippen molar-refractivity contribution in [2.75, 3.05) is 11.6 Å². The van der Waals surface area contributed by atoms with Crippen molar-refractivity contribution in [1.82, 2.24) is 25.1 Å². The highest BCUT2D eigenvalue weighted by Crippen LogP contribution is 2.21. The molecule has 4 rings (SSSR count). The molecule has 2 aromatic heterocycles. The molecule has 1 atom stereocenters. The van der Waals surface area contributed by atoms with E-state index < -0.39 is 33.5 Å². The van der Waals surface area contributed by atoms with Gasteiger partial charge in [-0.25, -0.2) is 22.8 Å². The van der Waals surface area contributed by atoms with Crippen molar-refractivity contribution in [3.05, 3.63) is 94.9 Å². The number of hydrogen-bond acceptors (Lipinski definition) is 7. The number of amides is 2. The fourth-order valence-electron chi connectivity index (χ4n) is 3.36. The summed E-state index contributed by atoms with van der Waals surface area (Å²) in [5.41, 5.74) is 0.765. The van der Waals surface area contributed by atoms with Crippen molar-refractivity contribution in [2.45, 2.75) is 17.9 Å². The molecule has 4 aromatic rings. The number of halogens is 2. The van der Waals surface area contributed by atoms with Gasteiger partial charge in [0, 0.05) is 28.7 Å². The van der Waals surface area contributed by atoms with Crippen LogP contribution in [-0.4, -0.2) is 46.2 Å². The van der Waals surface area contributed by atoms with Crippen LogP contribution in [0.3, 0.4) is 0 Å². The Kier molecular flexibility index (Phi) is 7.32. The van der Waals surface area contributed by atoms with Crippen molar-refractivity contribution < 1.29 is 22.4 Å². The van der Waals surface area contributed by atoms with E-state index in [4.69, 9.17) is 11.6 Å². The summed E-state index contributed by atoms with van der Waals surface area (Å²) in [5.74, 6) is -0.719. The third kappa shape index (κ3) is 6.16. The Bertz CT molecular complexity index is 1570. The molecule has 0 unspecified atom stereocenters. The Balaban J connectivity index is 1.49. The third-order valence-electron chi connectivity index (χ3n) is 5.20. The number of nitrogens with zero attached hydrogens (tertiary/aromatic N) is 4. The molecule has 0 saturated heterocycles. The number of carbonyl (C=O) groups excluding carboxylic acids is 2. The Labute approximate surface area is 216 Å². The van der Waals surface area contributed by atoms with Crippen LogP contribution >= 0.6 is 11.6 Å². The second kappa shape index (κ2) is 10.4. The maximum absolute atomic E-state index is 13.1. The molecule has 10 nitrogen and oxygen atoms in total. The van der Waals surface area contributed by atoms with Crippen molar-refractivity contribution in [1.29, 1.82) is 0 Å². The topological polar surface area (TPSA) is 136 Å². The monoisotopic (exact) mass is 542 g/mol. The molecule has 2 amide bonds. The molecule has 2 aromatic carbocycles. The maximum atomic E-state index is 13.1. The van der Waals surface area contributed by atoms with E-state index in [1.54, 1.807) is 13.0 Å². The molecule has 0 radical (unpaired) electrons. The van der Waals surface area contributed by atoms with E-state index in [1.807, 2.05) is 0 Å². The van der Waals surface area contributed by atoms with Gasteiger partial charge in [0.15, 0.2) is 21.5 Å². The SMILES string of the molecule is C[C@@H](NC(=O)c1cc(Cl)cc(S(C)(=O)=O)c1)c1ncnn1-c1ccc(C(=O)Nc2ccc(F)cc2)cn1. The molecule has 13 heteroatoms. The van der Waals surface area contributed by atoms with Gasteiger partial charge in [0.05, 0.1) is 16.5 Å². The van der Waals surface area contributed by atoms with Crippen LogP contribution in [0.15, 0.2) is 72.0 Å². The quantitative estimate of drug-likeness (QED) is 0.364. The highest BCUT2D eigenvalue weighted by molar-refractivity contribution is 7.90. The van der Waals surface area contributed by atoms with Crippen molar-refractivity contribution in [3.63, 3.8) is 0 Å². The summed E-state index contributed by atoms with van der Waals surface area (Å²) in [6, 6.07) is 11.7. The van der Waals surface area contributed by atoms with Crippen LogP contribution in [0.2, 0.25) is 5.02 Å². The van der Waals surface area contributed by atoms with Gasteiger partial charge in [0.25, 0.3) is 11.8 Å². The van der Waals surface area contributed by atoms with Crippen LogP contribution in [-0.2, 0) is 9.84 Å². The number of hydrogen-bond donors (Lipinski definition) is 2. The second-order valence-corrected chi connectivity index (χ2v) is 10.5. The van der Waals surface area contributed by atoms with Crippen LogP contribution in [0.4, 0.5) is 10.1 Å². The molecule has 2 N–H and O–H groups in total. The predicted octanol–water partition coefficient (Wildman–Crippen LogP) is 3.60. The molecule has 0 bridgehead atoms. The molecule has 0 spiro atoms. The fraction of sp³-hybridized carbons (Fsp3) is 0.125. The molecule has 37 heavy (non-hydrogen) atoms. The number of benzene rings is 2. The molecule has 0 fully saturated rings. The lowest BCUT2D eigenvalue weighted by Gasteiger charge is -2.15. The minimum absolute atomic E-state index is 0.0699. The molecule has 0 aliphatic rings. The second-order valence-electron chi connectivity index (χ2n) is 8.04. The number of sulfone groups is 1. The zero-order chi connectivity index (χ0) is 26.7. The van der Waals surface area contributed by atoms with E-state index in [-0.39, 0.29) is 21.0 Å². The van der Waals surface area contributed by atoms with Gasteiger partial charge in [-0.1, -0.05) is 11.6 Å². The fourth-order valence-corrected chi connectivity index (χ4v) is 4.34. The number of aromatic nitrogens is 4. The Morgan fingerprint density at radius 1 is 1.00 bits per heavy atom. The Morgan fingerprint density at radius 2 is 1.73 bits per heavy atom. The summed E-state index contributed by atoms with van der Waals surface area (Å²) < 4.78 is 38.2. The van der Waals surface area contributed by atoms with Crippen LogP contribution in [0.1, 0.15) is 39.5 Å². The average molecular weight is 543 g/mol. The number of rotatable bonds is 7. The zero-order valence-electron chi connectivity index (χ0n) is 19.5. The van der Waals surface area contributed by atoms with E-state index >= 15 is 0 Å². The number of anilines is 1. The summed E-state index contributed by atoms with van der Waals surface area (Å²) in [5, 5.41) is 9.65. The molecule has 0 aliphatic carbocycles. The van der Waals surface area contributed by atoms with E-state index in [2.05, 4.69) is 25.7 Å². The van der Waals surface area contributed by atoms with Crippen LogP contribution in [0.25, 0.3) is 5.82 Å². The standard InChI is InChI=1S/C24H20ClFN6O4S/c1-14(30-24(34)16-9-17(25)11-20(10-16)37(2,35)36)22-28-13-29-32(22)21-8-3-15(12-27-21)23(33)31-19-6-4-18(26)5-7-19/h3-14H,1-2H3,(H,30,34)(H,31,33)/t14-/m1/s1. The third-order valence-corrected chi connectivity index (χ3v) is 6.51. The smallest absolute Gasteiger partial charge is 0.257 e. The van der Waals surface area contributed by atoms with Gasteiger partial charge in [-0.2, -0.15) is 9.78 Å². The van der Waals surface area contributed by atoms with Gasteiger partial charge in [-0.15, -0.1) is 0 Å². The first-order valence-electron chi connectivity index (χ1n) is 10.8. The Hall–Kier alpha value is -4.16. The summed E-state index contributed by atoms with van der Waals surface area (Å²) in [7, 11) is -3.57. The number of pyridine rings is 1. The maximum Gasteiger partial charge on any atom is 0.257 e. The largest absolute Gasteiger partial charge is 0.342 e. The summed E-state index contributed by atoms with van der Waals surface area (Å²) in [4.78, 5) is 33.7. The minimum Gasteiger partial charge on any atom is -0.342 e. The van der Waals surface area contributed by atoms with Gasteiger partial charge < -0.3 is 10.6 Å². The number of nitrogens with one attached hydrogen (secondary N) is 2. The summed E-state index contributed by atoms with van der Waals surface area (Å²) in [6.07, 6.45) is 3.66. The first-order chi connectivity index (χ1) is 17.5. The lowest BCUT2D eigenvalue weighted by molar-refractivity contribution is 0.0936. The number of carbonyl (C=O) groups is 2. The van der Waals surface area contributed by atoms with Crippen molar-refractivity contribution >= 4 is 38.9 Å². The van der Waals surface area contributed by atoms with Crippen molar-refractivity contribution in [3.8, 4) is 5.82 Å². The van der Waals surface area contributed by atoms with E-state index in [9.17, 15) is 22.4 Å². The molecule has 0 aliphatic heterocycles.